The predicted octanol–water partition coefficient (Wildman–Crippen LogP) is 5.17. The zero-order valence-electron chi connectivity index (χ0n) is 15.9. The summed E-state index contributed by atoms with van der Waals surface area (Å²) in [5.41, 5.74) is 1.82. The lowest BCUT2D eigenvalue weighted by Crippen LogP contribution is -2.08. The van der Waals surface area contributed by atoms with Crippen LogP contribution in [0.4, 0.5) is 0 Å². The maximum Gasteiger partial charge on any atom is 0.336 e. The van der Waals surface area contributed by atoms with Crippen molar-refractivity contribution in [2.45, 2.75) is 26.4 Å². The van der Waals surface area contributed by atoms with Gasteiger partial charge in [0.25, 0.3) is 0 Å². The van der Waals surface area contributed by atoms with Crippen molar-refractivity contribution in [2.75, 3.05) is 0 Å². The summed E-state index contributed by atoms with van der Waals surface area (Å²) in [6.45, 7) is 4.18. The van der Waals surface area contributed by atoms with Crippen LogP contribution in [0.3, 0.4) is 0 Å². The Balaban J connectivity index is 1.55. The molecular formula is C24H22O4. The van der Waals surface area contributed by atoms with Crippen molar-refractivity contribution in [2.24, 2.45) is 0 Å². The number of fused-ring (bicyclic) bond motifs is 1. The molecule has 4 heteroatoms. The number of hydrogen-bond acceptors (Lipinski definition) is 4. The molecule has 142 valence electrons. The lowest BCUT2D eigenvalue weighted by molar-refractivity contribution is -0.139. The molecule has 0 radical (unpaired) electrons. The summed E-state index contributed by atoms with van der Waals surface area (Å²) in [6.07, 6.45) is 2.17. The molecule has 0 aliphatic heterocycles. The van der Waals surface area contributed by atoms with Crippen LogP contribution in [0.2, 0.25) is 0 Å². The molecule has 4 nitrogen and oxygen atoms in total. The third kappa shape index (κ3) is 5.07. The van der Waals surface area contributed by atoms with Crippen molar-refractivity contribution in [3.63, 3.8) is 0 Å². The van der Waals surface area contributed by atoms with Crippen LogP contribution in [0.5, 0.6) is 5.75 Å². The fourth-order valence-corrected chi connectivity index (χ4v) is 2.86. The first-order valence-corrected chi connectivity index (χ1v) is 9.16. The molecule has 0 amide bonds. The first-order chi connectivity index (χ1) is 13.5. The van der Waals surface area contributed by atoms with E-state index in [1.165, 1.54) is 0 Å². The Morgan fingerprint density at radius 1 is 0.857 bits per heavy atom. The zero-order chi connectivity index (χ0) is 19.9. The SMILES string of the molecule is CC(C)c1ccccc1OC(=O)/C=C/C(=O)OCc1ccc2ccccc2c1. The molecular weight excluding hydrogens is 352 g/mol. The summed E-state index contributed by atoms with van der Waals surface area (Å²) in [5, 5.41) is 2.21. The average molecular weight is 374 g/mol. The van der Waals surface area contributed by atoms with Crippen molar-refractivity contribution in [3.8, 4) is 5.75 Å². The van der Waals surface area contributed by atoms with Crippen molar-refractivity contribution >= 4 is 22.7 Å². The van der Waals surface area contributed by atoms with Crippen LogP contribution in [-0.2, 0) is 20.9 Å². The number of rotatable bonds is 6. The van der Waals surface area contributed by atoms with Crippen LogP contribution in [0.1, 0.15) is 30.9 Å². The third-order valence-corrected chi connectivity index (χ3v) is 4.30. The standard InChI is InChI=1S/C24H22O4/c1-17(2)21-9-5-6-10-22(21)28-24(26)14-13-23(25)27-16-18-11-12-19-7-3-4-8-20(19)15-18/h3-15,17H,16H2,1-2H3/b14-13+. The molecule has 0 aromatic heterocycles. The van der Waals surface area contributed by atoms with Gasteiger partial charge in [0.15, 0.2) is 0 Å². The van der Waals surface area contributed by atoms with Crippen LogP contribution in [0, 0.1) is 0 Å². The van der Waals surface area contributed by atoms with Crippen molar-refractivity contribution in [1.29, 1.82) is 0 Å². The van der Waals surface area contributed by atoms with Gasteiger partial charge in [0.2, 0.25) is 0 Å². The topological polar surface area (TPSA) is 52.6 Å². The van der Waals surface area contributed by atoms with Crippen LogP contribution in [0.15, 0.2) is 78.9 Å². The van der Waals surface area contributed by atoms with E-state index in [2.05, 4.69) is 0 Å². The van der Waals surface area contributed by atoms with Crippen molar-refractivity contribution in [3.05, 3.63) is 90.0 Å². The van der Waals surface area contributed by atoms with Gasteiger partial charge >= 0.3 is 11.9 Å². The molecule has 3 aromatic rings. The van der Waals surface area contributed by atoms with Gasteiger partial charge in [-0.1, -0.05) is 68.4 Å². The first kappa shape index (κ1) is 19.4. The molecule has 0 atom stereocenters. The molecule has 0 N–H and O–H groups in total. The highest BCUT2D eigenvalue weighted by Gasteiger charge is 2.10. The number of carbonyl (C=O) groups is 2. The first-order valence-electron chi connectivity index (χ1n) is 9.16. The number of hydrogen-bond donors (Lipinski definition) is 0. The highest BCUT2D eigenvalue weighted by molar-refractivity contribution is 5.92. The lowest BCUT2D eigenvalue weighted by atomic mass is 10.0. The summed E-state index contributed by atoms with van der Waals surface area (Å²) < 4.78 is 10.5. The summed E-state index contributed by atoms with van der Waals surface area (Å²) in [6, 6.07) is 21.2. The zero-order valence-corrected chi connectivity index (χ0v) is 15.9. The molecule has 0 saturated heterocycles. The predicted molar refractivity (Wildman–Crippen MR) is 109 cm³/mol. The Morgan fingerprint density at radius 2 is 1.54 bits per heavy atom. The van der Waals surface area contributed by atoms with Crippen LogP contribution < -0.4 is 4.74 Å². The molecule has 0 aliphatic carbocycles. The summed E-state index contributed by atoms with van der Waals surface area (Å²) in [7, 11) is 0. The van der Waals surface area contributed by atoms with Gasteiger partial charge < -0.3 is 9.47 Å². The van der Waals surface area contributed by atoms with Crippen LogP contribution in [0.25, 0.3) is 10.8 Å². The minimum atomic E-state index is -0.615. The van der Waals surface area contributed by atoms with E-state index in [4.69, 9.17) is 9.47 Å². The fraction of sp³-hybridized carbons (Fsp3) is 0.167. The van der Waals surface area contributed by atoms with Crippen LogP contribution in [-0.4, -0.2) is 11.9 Å². The Labute approximate surface area is 164 Å². The Hall–Kier alpha value is -3.40. The average Bonchev–Trinajstić information content (AvgIpc) is 2.70. The summed E-state index contributed by atoms with van der Waals surface area (Å²) in [5.74, 6) is -0.491. The van der Waals surface area contributed by atoms with Gasteiger partial charge in [-0.25, -0.2) is 9.59 Å². The quantitative estimate of drug-likeness (QED) is 0.339. The molecule has 0 spiro atoms. The van der Waals surface area contributed by atoms with E-state index in [-0.39, 0.29) is 12.5 Å². The molecule has 3 aromatic carbocycles. The van der Waals surface area contributed by atoms with E-state index in [9.17, 15) is 9.59 Å². The monoisotopic (exact) mass is 374 g/mol. The van der Waals surface area contributed by atoms with Gasteiger partial charge in [-0.15, -0.1) is 0 Å². The molecule has 3 rings (SSSR count). The largest absolute Gasteiger partial charge is 0.458 e. The molecule has 0 saturated carbocycles. The fourth-order valence-electron chi connectivity index (χ4n) is 2.86. The summed E-state index contributed by atoms with van der Waals surface area (Å²) >= 11 is 0. The van der Waals surface area contributed by atoms with Crippen LogP contribution >= 0.6 is 0 Å². The molecule has 0 bridgehead atoms. The van der Waals surface area contributed by atoms with E-state index in [0.29, 0.717) is 5.75 Å². The van der Waals surface area contributed by atoms with E-state index >= 15 is 0 Å². The van der Waals surface area contributed by atoms with Gasteiger partial charge in [-0.05, 0) is 39.9 Å². The molecule has 0 fully saturated rings. The Bertz CT molecular complexity index is 1020. The number of ether oxygens (including phenoxy) is 2. The number of para-hydroxylation sites is 1. The second-order valence-corrected chi connectivity index (χ2v) is 6.74. The molecule has 28 heavy (non-hydrogen) atoms. The molecule has 0 aliphatic rings. The third-order valence-electron chi connectivity index (χ3n) is 4.30. The van der Waals surface area contributed by atoms with Crippen molar-refractivity contribution < 1.29 is 19.1 Å². The van der Waals surface area contributed by atoms with E-state index in [0.717, 1.165) is 34.1 Å². The maximum atomic E-state index is 12.0. The number of esters is 2. The van der Waals surface area contributed by atoms with Gasteiger partial charge in [0.05, 0.1) is 0 Å². The van der Waals surface area contributed by atoms with Gasteiger partial charge in [-0.3, -0.25) is 0 Å². The normalized spacial score (nSPS) is 11.1. The Morgan fingerprint density at radius 3 is 2.32 bits per heavy atom. The molecule has 0 unspecified atom stereocenters. The van der Waals surface area contributed by atoms with Gasteiger partial charge in [0, 0.05) is 12.2 Å². The minimum Gasteiger partial charge on any atom is -0.458 e. The van der Waals surface area contributed by atoms with E-state index in [1.807, 2.05) is 68.4 Å². The second-order valence-electron chi connectivity index (χ2n) is 6.74. The van der Waals surface area contributed by atoms with Crippen molar-refractivity contribution in [1.82, 2.24) is 0 Å². The van der Waals surface area contributed by atoms with Gasteiger partial charge in [-0.2, -0.15) is 0 Å². The highest BCUT2D eigenvalue weighted by Crippen LogP contribution is 2.26. The smallest absolute Gasteiger partial charge is 0.336 e. The summed E-state index contributed by atoms with van der Waals surface area (Å²) in [4.78, 5) is 23.9. The molecule has 0 heterocycles. The highest BCUT2D eigenvalue weighted by atomic mass is 16.5. The van der Waals surface area contributed by atoms with E-state index < -0.39 is 11.9 Å². The van der Waals surface area contributed by atoms with Gasteiger partial charge in [0.1, 0.15) is 12.4 Å². The second kappa shape index (κ2) is 9.00. The maximum absolute atomic E-state index is 12.0. The lowest BCUT2D eigenvalue weighted by Gasteiger charge is -2.11. The number of benzene rings is 3. The van der Waals surface area contributed by atoms with E-state index in [1.54, 1.807) is 12.1 Å². The minimum absolute atomic E-state index is 0.138. The number of carbonyl (C=O) groups excluding carboxylic acids is 2. The Kier molecular flexibility index (Phi) is 6.22.